The lowest BCUT2D eigenvalue weighted by Gasteiger charge is -2.08. The van der Waals surface area contributed by atoms with Crippen molar-refractivity contribution >= 4 is 34.9 Å². The summed E-state index contributed by atoms with van der Waals surface area (Å²) < 4.78 is 24.7. The van der Waals surface area contributed by atoms with Gasteiger partial charge in [-0.2, -0.15) is 0 Å². The number of pyridine rings is 1. The fourth-order valence-corrected chi connectivity index (χ4v) is 1.35. The molecule has 1 aromatic rings. The fraction of sp³-hybridized carbons (Fsp3) is 0.143. The molecule has 0 aliphatic carbocycles. The third-order valence-electron chi connectivity index (χ3n) is 1.55. The van der Waals surface area contributed by atoms with E-state index >= 15 is 0 Å². The van der Waals surface area contributed by atoms with Crippen molar-refractivity contribution in [3.05, 3.63) is 21.4 Å². The number of hydrogen-bond donors (Lipinski definition) is 2. The highest BCUT2D eigenvalue weighted by molar-refractivity contribution is 6.40. The van der Waals surface area contributed by atoms with Crippen LogP contribution in [0.25, 0.3) is 0 Å². The molecule has 0 radical (unpaired) electrons. The molecule has 0 amide bonds. The number of nitrogens with two attached hydrogens (primary N) is 1. The lowest BCUT2D eigenvalue weighted by molar-refractivity contribution is 0.0689. The maximum Gasteiger partial charge on any atom is 0.356 e. The molecule has 0 atom stereocenters. The Hall–Kier alpha value is -1.14. The molecule has 1 rings (SSSR count). The minimum atomic E-state index is -3.02. The summed E-state index contributed by atoms with van der Waals surface area (Å²) in [6, 6.07) is 0. The van der Waals surface area contributed by atoms with E-state index in [1.54, 1.807) is 0 Å². The van der Waals surface area contributed by atoms with Crippen LogP contribution in [0, 0.1) is 0 Å². The van der Waals surface area contributed by atoms with Gasteiger partial charge in [-0.25, -0.2) is 18.6 Å². The summed E-state index contributed by atoms with van der Waals surface area (Å²) >= 11 is 10.9. The van der Waals surface area contributed by atoms with Crippen molar-refractivity contribution in [3.8, 4) is 0 Å². The third-order valence-corrected chi connectivity index (χ3v) is 2.33. The van der Waals surface area contributed by atoms with E-state index in [0.717, 1.165) is 0 Å². The van der Waals surface area contributed by atoms with E-state index in [-0.39, 0.29) is 0 Å². The molecule has 0 fully saturated rings. The molecule has 1 aromatic heterocycles. The molecule has 0 aliphatic rings. The van der Waals surface area contributed by atoms with Gasteiger partial charge in [0.15, 0.2) is 5.69 Å². The molecular formula is C7H4Cl2F2N2O2. The van der Waals surface area contributed by atoms with Gasteiger partial charge < -0.3 is 10.8 Å². The van der Waals surface area contributed by atoms with E-state index in [9.17, 15) is 13.6 Å². The molecule has 15 heavy (non-hydrogen) atoms. The van der Waals surface area contributed by atoms with E-state index in [4.69, 9.17) is 34.0 Å². The molecule has 1 heterocycles. The van der Waals surface area contributed by atoms with Crippen LogP contribution in [0.5, 0.6) is 0 Å². The van der Waals surface area contributed by atoms with E-state index in [1.165, 1.54) is 0 Å². The average molecular weight is 257 g/mol. The number of aromatic carboxylic acids is 1. The summed E-state index contributed by atoms with van der Waals surface area (Å²) in [5, 5.41) is 7.62. The third kappa shape index (κ3) is 2.10. The number of hydrogen-bond acceptors (Lipinski definition) is 3. The maximum atomic E-state index is 12.3. The molecular weight excluding hydrogens is 253 g/mol. The Bertz CT molecular complexity index is 426. The topological polar surface area (TPSA) is 76.2 Å². The molecule has 0 saturated carbocycles. The minimum absolute atomic E-state index is 0.416. The zero-order chi connectivity index (χ0) is 11.7. The van der Waals surface area contributed by atoms with Crippen LogP contribution in [-0.4, -0.2) is 16.1 Å². The first-order valence-electron chi connectivity index (χ1n) is 3.52. The van der Waals surface area contributed by atoms with Gasteiger partial charge in [0, 0.05) is 0 Å². The number of nitrogen functional groups attached to an aromatic ring is 1. The Morgan fingerprint density at radius 3 is 2.33 bits per heavy atom. The van der Waals surface area contributed by atoms with Crippen LogP contribution in [0.2, 0.25) is 10.0 Å². The highest BCUT2D eigenvalue weighted by Crippen LogP contribution is 2.35. The van der Waals surface area contributed by atoms with Crippen LogP contribution in [0.15, 0.2) is 0 Å². The summed E-state index contributed by atoms with van der Waals surface area (Å²) in [6.45, 7) is 0. The van der Waals surface area contributed by atoms with Gasteiger partial charge in [0.1, 0.15) is 5.69 Å². The Balaban J connectivity index is 3.52. The van der Waals surface area contributed by atoms with Crippen molar-refractivity contribution in [2.45, 2.75) is 6.43 Å². The number of anilines is 1. The number of aromatic nitrogens is 1. The van der Waals surface area contributed by atoms with Crippen molar-refractivity contribution in [1.82, 2.24) is 4.98 Å². The molecule has 0 saturated heterocycles. The highest BCUT2D eigenvalue weighted by atomic mass is 35.5. The van der Waals surface area contributed by atoms with Crippen molar-refractivity contribution in [2.75, 3.05) is 5.73 Å². The number of alkyl halides is 2. The first-order valence-corrected chi connectivity index (χ1v) is 4.27. The molecule has 0 aliphatic heterocycles. The zero-order valence-electron chi connectivity index (χ0n) is 6.97. The molecule has 0 spiro atoms. The minimum Gasteiger partial charge on any atom is -0.476 e. The first-order chi connectivity index (χ1) is 6.86. The van der Waals surface area contributed by atoms with Crippen molar-refractivity contribution in [1.29, 1.82) is 0 Å². The second-order valence-corrected chi connectivity index (χ2v) is 3.25. The number of carboxylic acid groups (broad SMARTS) is 1. The predicted molar refractivity (Wildman–Crippen MR) is 50.6 cm³/mol. The van der Waals surface area contributed by atoms with Crippen molar-refractivity contribution < 1.29 is 18.7 Å². The van der Waals surface area contributed by atoms with E-state index < -0.39 is 39.5 Å². The van der Waals surface area contributed by atoms with E-state index in [2.05, 4.69) is 4.98 Å². The van der Waals surface area contributed by atoms with Crippen LogP contribution >= 0.6 is 23.2 Å². The van der Waals surface area contributed by atoms with Crippen molar-refractivity contribution in [3.63, 3.8) is 0 Å². The summed E-state index contributed by atoms with van der Waals surface area (Å²) in [6.07, 6.45) is -3.02. The quantitative estimate of drug-likeness (QED) is 0.853. The van der Waals surface area contributed by atoms with Crippen molar-refractivity contribution in [2.24, 2.45) is 0 Å². The predicted octanol–water partition coefficient (Wildman–Crippen LogP) is 2.61. The summed E-state index contributed by atoms with van der Waals surface area (Å²) in [4.78, 5) is 13.7. The molecule has 4 nitrogen and oxygen atoms in total. The van der Waals surface area contributed by atoms with Crippen LogP contribution < -0.4 is 5.73 Å². The SMILES string of the molecule is Nc1c(Cl)c(C(=O)O)nc(C(F)F)c1Cl. The van der Waals surface area contributed by atoms with Gasteiger partial charge in [-0.05, 0) is 0 Å². The summed E-state index contributed by atoms with van der Waals surface area (Å²) in [5.41, 5.74) is 3.21. The number of carboxylic acids is 1. The number of halogens is 4. The monoisotopic (exact) mass is 256 g/mol. The fourth-order valence-electron chi connectivity index (χ4n) is 0.867. The maximum absolute atomic E-state index is 12.3. The Kier molecular flexibility index (Phi) is 3.31. The zero-order valence-corrected chi connectivity index (χ0v) is 8.48. The molecule has 8 heteroatoms. The van der Waals surface area contributed by atoms with Crippen LogP contribution in [0.4, 0.5) is 14.5 Å². The second-order valence-electron chi connectivity index (χ2n) is 2.49. The van der Waals surface area contributed by atoms with Gasteiger partial charge in [-0.3, -0.25) is 0 Å². The highest BCUT2D eigenvalue weighted by Gasteiger charge is 2.24. The van der Waals surface area contributed by atoms with Crippen LogP contribution in [0.3, 0.4) is 0 Å². The Morgan fingerprint density at radius 1 is 1.40 bits per heavy atom. The standard InChI is InChI=1S/C7H4Cl2F2N2O2/c8-1-3(12)2(9)5(7(14)15)13-4(1)6(10)11/h6H,(H2,12,13)(H,14,15). The van der Waals surface area contributed by atoms with Crippen LogP contribution in [-0.2, 0) is 0 Å². The average Bonchev–Trinajstić information content (AvgIpc) is 2.13. The lowest BCUT2D eigenvalue weighted by Crippen LogP contribution is -2.08. The normalized spacial score (nSPS) is 10.7. The van der Waals surface area contributed by atoms with E-state index in [0.29, 0.717) is 0 Å². The van der Waals surface area contributed by atoms with Gasteiger partial charge in [0.05, 0.1) is 15.7 Å². The number of rotatable bonds is 2. The Morgan fingerprint density at radius 2 is 1.93 bits per heavy atom. The first kappa shape index (κ1) is 11.9. The van der Waals surface area contributed by atoms with Gasteiger partial charge in [-0.15, -0.1) is 0 Å². The lowest BCUT2D eigenvalue weighted by atomic mass is 10.2. The molecule has 3 N–H and O–H groups in total. The molecule has 0 bridgehead atoms. The van der Waals surface area contributed by atoms with Gasteiger partial charge >= 0.3 is 5.97 Å². The Labute approximate surface area is 92.6 Å². The number of carbonyl (C=O) groups is 1. The summed E-state index contributed by atoms with van der Waals surface area (Å²) in [7, 11) is 0. The number of nitrogens with zero attached hydrogens (tertiary/aromatic N) is 1. The van der Waals surface area contributed by atoms with E-state index in [1.807, 2.05) is 0 Å². The largest absolute Gasteiger partial charge is 0.476 e. The smallest absolute Gasteiger partial charge is 0.356 e. The molecule has 0 unspecified atom stereocenters. The van der Waals surface area contributed by atoms with Gasteiger partial charge in [0.25, 0.3) is 6.43 Å². The second kappa shape index (κ2) is 4.16. The van der Waals surface area contributed by atoms with Gasteiger partial charge in [-0.1, -0.05) is 23.2 Å². The summed E-state index contributed by atoms with van der Waals surface area (Å²) in [5.74, 6) is -1.55. The molecule has 0 aromatic carbocycles. The van der Waals surface area contributed by atoms with Crippen LogP contribution in [0.1, 0.15) is 22.6 Å². The molecule has 82 valence electrons. The van der Waals surface area contributed by atoms with Gasteiger partial charge in [0.2, 0.25) is 0 Å².